The number of benzene rings is 1. The van der Waals surface area contributed by atoms with Gasteiger partial charge >= 0.3 is 0 Å². The van der Waals surface area contributed by atoms with Crippen LogP contribution < -0.4 is 4.74 Å². The van der Waals surface area contributed by atoms with Crippen molar-refractivity contribution < 1.29 is 9.53 Å². The third-order valence-corrected chi connectivity index (χ3v) is 6.11. The van der Waals surface area contributed by atoms with Crippen LogP contribution in [0.2, 0.25) is 5.15 Å². The van der Waals surface area contributed by atoms with Gasteiger partial charge in [-0.2, -0.15) is 0 Å². The van der Waals surface area contributed by atoms with Crippen LogP contribution in [0.1, 0.15) is 46.9 Å². The van der Waals surface area contributed by atoms with Crippen LogP contribution in [-0.4, -0.2) is 53.5 Å². The van der Waals surface area contributed by atoms with Crippen molar-refractivity contribution in [1.29, 1.82) is 0 Å². The summed E-state index contributed by atoms with van der Waals surface area (Å²) in [6.07, 6.45) is 1.55. The van der Waals surface area contributed by atoms with E-state index in [1.54, 1.807) is 25.4 Å². The topological polar surface area (TPSA) is 45.7 Å². The molecule has 0 bridgehead atoms. The van der Waals surface area contributed by atoms with E-state index in [-0.39, 0.29) is 18.0 Å². The molecule has 2 aromatic rings. The molecule has 0 spiro atoms. The van der Waals surface area contributed by atoms with Gasteiger partial charge in [0.15, 0.2) is 0 Å². The van der Waals surface area contributed by atoms with E-state index in [1.807, 2.05) is 11.0 Å². The SMILES string of the molecule is COc1ccc(C(C)N2CCN(C(=O)c3ccc(Cl)nc3)C[C@@H]2C)c(C)c1C. The van der Waals surface area contributed by atoms with Crippen molar-refractivity contribution in [2.75, 3.05) is 26.7 Å². The fraction of sp³-hybridized carbons (Fsp3) is 0.455. The molecular formula is C22H28ClN3O2. The van der Waals surface area contributed by atoms with Gasteiger partial charge in [0.1, 0.15) is 10.9 Å². The molecule has 1 aromatic carbocycles. The van der Waals surface area contributed by atoms with Crippen molar-refractivity contribution in [3.63, 3.8) is 0 Å². The number of amides is 1. The molecule has 1 amide bonds. The zero-order valence-electron chi connectivity index (χ0n) is 17.2. The van der Waals surface area contributed by atoms with Gasteiger partial charge in [0.2, 0.25) is 0 Å². The van der Waals surface area contributed by atoms with Crippen LogP contribution >= 0.6 is 11.6 Å². The molecular weight excluding hydrogens is 374 g/mol. The summed E-state index contributed by atoms with van der Waals surface area (Å²) in [6, 6.07) is 8.14. The number of aromatic nitrogens is 1. The second-order valence-electron chi connectivity index (χ2n) is 7.49. The maximum Gasteiger partial charge on any atom is 0.255 e. The lowest BCUT2D eigenvalue weighted by Gasteiger charge is -2.43. The monoisotopic (exact) mass is 401 g/mol. The van der Waals surface area contributed by atoms with Crippen molar-refractivity contribution in [2.45, 2.75) is 39.8 Å². The zero-order valence-corrected chi connectivity index (χ0v) is 18.0. The molecule has 2 atom stereocenters. The number of ether oxygens (including phenoxy) is 1. The second kappa shape index (κ2) is 8.50. The third-order valence-electron chi connectivity index (χ3n) is 5.89. The summed E-state index contributed by atoms with van der Waals surface area (Å²) in [7, 11) is 1.71. The first-order valence-corrected chi connectivity index (χ1v) is 10.0. The molecule has 5 nitrogen and oxygen atoms in total. The minimum absolute atomic E-state index is 0.0137. The van der Waals surface area contributed by atoms with Gasteiger partial charge in [0, 0.05) is 37.9 Å². The van der Waals surface area contributed by atoms with E-state index < -0.39 is 0 Å². The Bertz CT molecular complexity index is 854. The molecule has 1 aliphatic rings. The Labute approximate surface area is 172 Å². The molecule has 3 rings (SSSR count). The average Bonchev–Trinajstić information content (AvgIpc) is 2.69. The Hall–Kier alpha value is -2.11. The summed E-state index contributed by atoms with van der Waals surface area (Å²) < 4.78 is 5.45. The number of nitrogens with zero attached hydrogens (tertiary/aromatic N) is 3. The van der Waals surface area contributed by atoms with Gasteiger partial charge in [-0.05, 0) is 62.6 Å². The number of hydrogen-bond acceptors (Lipinski definition) is 4. The molecule has 28 heavy (non-hydrogen) atoms. The first-order chi connectivity index (χ1) is 13.3. The van der Waals surface area contributed by atoms with Crippen LogP contribution in [0.15, 0.2) is 30.5 Å². The lowest BCUT2D eigenvalue weighted by molar-refractivity contribution is 0.0396. The lowest BCUT2D eigenvalue weighted by atomic mass is 9.95. The Kier molecular flexibility index (Phi) is 6.26. The highest BCUT2D eigenvalue weighted by Gasteiger charge is 2.31. The molecule has 0 radical (unpaired) electrons. The van der Waals surface area contributed by atoms with Crippen LogP contribution in [0.25, 0.3) is 0 Å². The summed E-state index contributed by atoms with van der Waals surface area (Å²) in [6.45, 7) is 10.9. The number of rotatable bonds is 4. The van der Waals surface area contributed by atoms with Crippen molar-refractivity contribution in [3.8, 4) is 5.75 Å². The van der Waals surface area contributed by atoms with E-state index in [1.165, 1.54) is 16.7 Å². The van der Waals surface area contributed by atoms with Gasteiger partial charge in [-0.1, -0.05) is 17.7 Å². The number of pyridine rings is 1. The highest BCUT2D eigenvalue weighted by molar-refractivity contribution is 6.29. The minimum Gasteiger partial charge on any atom is -0.496 e. The maximum absolute atomic E-state index is 12.8. The van der Waals surface area contributed by atoms with E-state index in [0.29, 0.717) is 23.8 Å². The number of methoxy groups -OCH3 is 1. The Balaban J connectivity index is 1.72. The van der Waals surface area contributed by atoms with Crippen molar-refractivity contribution in [3.05, 3.63) is 57.9 Å². The first-order valence-electron chi connectivity index (χ1n) is 9.64. The summed E-state index contributed by atoms with van der Waals surface area (Å²) in [4.78, 5) is 21.2. The molecule has 0 N–H and O–H groups in total. The molecule has 1 saturated heterocycles. The molecule has 1 aliphatic heterocycles. The zero-order chi connectivity index (χ0) is 20.4. The number of halogens is 1. The minimum atomic E-state index is 0.0137. The van der Waals surface area contributed by atoms with E-state index in [2.05, 4.69) is 43.6 Å². The smallest absolute Gasteiger partial charge is 0.255 e. The molecule has 2 heterocycles. The molecule has 6 heteroatoms. The van der Waals surface area contributed by atoms with E-state index in [0.717, 1.165) is 12.3 Å². The standard InChI is InChI=1S/C22H28ClN3O2/c1-14-13-25(22(27)18-6-9-21(23)24-12-18)10-11-26(14)17(4)19-7-8-20(28-5)16(3)15(19)2/h6-9,12,14,17H,10-11,13H2,1-5H3/t14-,17?/m0/s1. The summed E-state index contributed by atoms with van der Waals surface area (Å²) in [5.41, 5.74) is 4.35. The fourth-order valence-corrected chi connectivity index (χ4v) is 4.20. The van der Waals surface area contributed by atoms with Crippen molar-refractivity contribution >= 4 is 17.5 Å². The largest absolute Gasteiger partial charge is 0.496 e. The summed E-state index contributed by atoms with van der Waals surface area (Å²) in [5, 5.41) is 0.397. The predicted octanol–water partition coefficient (Wildman–Crippen LogP) is 4.27. The number of piperazine rings is 1. The molecule has 1 unspecified atom stereocenters. The normalized spacial score (nSPS) is 18.8. The summed E-state index contributed by atoms with van der Waals surface area (Å²) >= 11 is 5.83. The van der Waals surface area contributed by atoms with E-state index >= 15 is 0 Å². The Morgan fingerprint density at radius 3 is 2.57 bits per heavy atom. The number of carbonyl (C=O) groups excluding carboxylic acids is 1. The number of hydrogen-bond donors (Lipinski definition) is 0. The average molecular weight is 402 g/mol. The van der Waals surface area contributed by atoms with Crippen molar-refractivity contribution in [2.24, 2.45) is 0 Å². The number of carbonyl (C=O) groups is 1. The Morgan fingerprint density at radius 2 is 1.96 bits per heavy atom. The molecule has 1 aromatic heterocycles. The quantitative estimate of drug-likeness (QED) is 0.718. The van der Waals surface area contributed by atoms with Gasteiger partial charge in [0.25, 0.3) is 5.91 Å². The van der Waals surface area contributed by atoms with Gasteiger partial charge in [-0.3, -0.25) is 9.69 Å². The predicted molar refractivity (Wildman–Crippen MR) is 112 cm³/mol. The Morgan fingerprint density at radius 1 is 1.21 bits per heavy atom. The second-order valence-corrected chi connectivity index (χ2v) is 7.88. The van der Waals surface area contributed by atoms with Crippen LogP contribution in [0.4, 0.5) is 0 Å². The lowest BCUT2D eigenvalue weighted by Crippen LogP contribution is -2.54. The van der Waals surface area contributed by atoms with Crippen LogP contribution in [0, 0.1) is 13.8 Å². The third kappa shape index (κ3) is 4.01. The molecule has 0 aliphatic carbocycles. The van der Waals surface area contributed by atoms with E-state index in [9.17, 15) is 4.79 Å². The van der Waals surface area contributed by atoms with Gasteiger partial charge in [-0.15, -0.1) is 0 Å². The maximum atomic E-state index is 12.8. The van der Waals surface area contributed by atoms with E-state index in [4.69, 9.17) is 16.3 Å². The van der Waals surface area contributed by atoms with Crippen molar-refractivity contribution in [1.82, 2.24) is 14.8 Å². The highest BCUT2D eigenvalue weighted by Crippen LogP contribution is 2.32. The first kappa shape index (κ1) is 20.6. The highest BCUT2D eigenvalue weighted by atomic mass is 35.5. The van der Waals surface area contributed by atoms with Crippen LogP contribution in [0.3, 0.4) is 0 Å². The summed E-state index contributed by atoms with van der Waals surface area (Å²) in [5.74, 6) is 0.938. The fourth-order valence-electron chi connectivity index (χ4n) is 4.09. The van der Waals surface area contributed by atoms with Gasteiger partial charge in [0.05, 0.1) is 12.7 Å². The van der Waals surface area contributed by atoms with Gasteiger partial charge < -0.3 is 9.64 Å². The van der Waals surface area contributed by atoms with Crippen LogP contribution in [-0.2, 0) is 0 Å². The molecule has 150 valence electrons. The molecule has 0 saturated carbocycles. The van der Waals surface area contributed by atoms with Gasteiger partial charge in [-0.25, -0.2) is 4.98 Å². The molecule has 1 fully saturated rings. The van der Waals surface area contributed by atoms with Crippen LogP contribution in [0.5, 0.6) is 5.75 Å².